The number of anilines is 4. The Kier molecular flexibility index (Phi) is 17.6. The molecule has 60 heavy (non-hydrogen) atoms. The molecule has 5 aromatic rings. The third kappa shape index (κ3) is 13.8. The minimum absolute atomic E-state index is 0.113. The maximum atomic E-state index is 14.5. The van der Waals surface area contributed by atoms with Crippen LogP contribution in [0.15, 0.2) is 78.9 Å². The second kappa shape index (κ2) is 21.9. The van der Waals surface area contributed by atoms with Crippen LogP contribution in [0.2, 0.25) is 5.02 Å². The molecule has 0 saturated heterocycles. The van der Waals surface area contributed by atoms with Crippen LogP contribution in [0.5, 0.6) is 5.75 Å². The minimum atomic E-state index is -1.74. The molecular weight excluding hydrogens is 1050 g/mol. The number of ether oxygens (including phenoxy) is 1. The van der Waals surface area contributed by atoms with Gasteiger partial charge in [0.25, 0.3) is 11.8 Å². The number of nitrogens with one attached hydrogen (secondary N) is 4. The predicted octanol–water partition coefficient (Wildman–Crippen LogP) is 9.40. The van der Waals surface area contributed by atoms with Crippen molar-refractivity contribution >= 4 is 91.3 Å². The van der Waals surface area contributed by atoms with E-state index in [1.807, 2.05) is 39.6 Å². The number of hydroxylamine groups is 2. The van der Waals surface area contributed by atoms with Gasteiger partial charge in [-0.05, 0) is 132 Å². The van der Waals surface area contributed by atoms with Gasteiger partial charge in [0.1, 0.15) is 31.7 Å². The van der Waals surface area contributed by atoms with E-state index in [2.05, 4.69) is 33.2 Å². The third-order valence-electron chi connectivity index (χ3n) is 7.67. The molecule has 11 nitrogen and oxygen atoms in total. The molecule has 320 valence electrons. The van der Waals surface area contributed by atoms with E-state index in [0.29, 0.717) is 29.1 Å². The number of rotatable bonds is 15. The van der Waals surface area contributed by atoms with Gasteiger partial charge in [-0.15, -0.1) is 0 Å². The summed E-state index contributed by atoms with van der Waals surface area (Å²) in [5, 5.41) is 24.8. The Hall–Kier alpha value is -4.39. The zero-order chi connectivity index (χ0) is 44.3. The molecule has 5 rings (SSSR count). The van der Waals surface area contributed by atoms with Crippen LogP contribution in [0, 0.1) is 49.0 Å². The van der Waals surface area contributed by atoms with Crippen LogP contribution in [-0.2, 0) is 9.68 Å². The summed E-state index contributed by atoms with van der Waals surface area (Å²) in [5.41, 5.74) is 1.78. The van der Waals surface area contributed by atoms with Gasteiger partial charge in [0.2, 0.25) is 0 Å². The van der Waals surface area contributed by atoms with Crippen molar-refractivity contribution in [2.45, 2.75) is 32.5 Å². The molecule has 6 N–H and O–H groups in total. The van der Waals surface area contributed by atoms with Crippen LogP contribution in [-0.4, -0.2) is 53.6 Å². The first-order valence-corrected chi connectivity index (χ1v) is 19.8. The Balaban J connectivity index is 0.000000270. The van der Waals surface area contributed by atoms with Crippen molar-refractivity contribution in [2.24, 2.45) is 0 Å². The molecule has 2 amide bonds. The minimum Gasteiger partial charge on any atom is -0.491 e. The quantitative estimate of drug-likeness (QED) is 0.0261. The van der Waals surface area contributed by atoms with E-state index in [-0.39, 0.29) is 30.5 Å². The van der Waals surface area contributed by atoms with Crippen molar-refractivity contribution in [3.05, 3.63) is 143 Å². The van der Waals surface area contributed by atoms with Crippen molar-refractivity contribution in [3.63, 3.8) is 0 Å². The first kappa shape index (κ1) is 48.3. The van der Waals surface area contributed by atoms with E-state index in [9.17, 15) is 46.1 Å². The van der Waals surface area contributed by atoms with E-state index in [0.717, 1.165) is 7.14 Å². The highest BCUT2D eigenvalue weighted by atomic mass is 127. The summed E-state index contributed by atoms with van der Waals surface area (Å²) in [5.74, 6) is -11.2. The zero-order valence-electron chi connectivity index (χ0n) is 31.5. The lowest BCUT2D eigenvalue weighted by atomic mass is 10.1. The Labute approximate surface area is 371 Å². The first-order chi connectivity index (χ1) is 28.2. The highest BCUT2D eigenvalue weighted by molar-refractivity contribution is 14.1. The number of aliphatic hydroxyl groups is 2. The van der Waals surface area contributed by atoms with Crippen molar-refractivity contribution in [3.8, 4) is 5.75 Å². The maximum absolute atomic E-state index is 14.5. The van der Waals surface area contributed by atoms with Gasteiger partial charge in [-0.1, -0.05) is 29.8 Å². The SMILES string of the molecule is CC(C)(O)CONC(=O)c1cc(F)c(F)c(F)c1Nc1ccc(I)cc1Cl.Cc1cc(I)ccc1Nc1c(C(=O)NOCC(O)COc2ccccc2)cc(F)c(F)c1F. The van der Waals surface area contributed by atoms with Gasteiger partial charge in [0, 0.05) is 12.8 Å². The van der Waals surface area contributed by atoms with Gasteiger partial charge in [0.05, 0.1) is 38.8 Å². The van der Waals surface area contributed by atoms with E-state index < -0.39 is 80.9 Å². The van der Waals surface area contributed by atoms with E-state index in [1.54, 1.807) is 61.5 Å². The number of para-hydroxylation sites is 1. The summed E-state index contributed by atoms with van der Waals surface area (Å²) in [6.07, 6.45) is -1.10. The van der Waals surface area contributed by atoms with Crippen LogP contribution in [0.25, 0.3) is 0 Å². The Morgan fingerprint density at radius 2 is 1.22 bits per heavy atom. The number of halogens is 9. The Morgan fingerprint density at radius 1 is 0.717 bits per heavy atom. The van der Waals surface area contributed by atoms with Crippen LogP contribution >= 0.6 is 56.8 Å². The molecule has 0 spiro atoms. The van der Waals surface area contributed by atoms with Crippen LogP contribution in [0.1, 0.15) is 40.1 Å². The second-order valence-electron chi connectivity index (χ2n) is 13.2. The smallest absolute Gasteiger partial charge is 0.277 e. The number of amides is 2. The molecule has 0 aliphatic rings. The largest absolute Gasteiger partial charge is 0.491 e. The summed E-state index contributed by atoms with van der Waals surface area (Å²) in [6.45, 7) is 3.85. The zero-order valence-corrected chi connectivity index (χ0v) is 36.6. The number of aryl methyl sites for hydroxylation is 1. The molecule has 0 radical (unpaired) electrons. The fourth-order valence-electron chi connectivity index (χ4n) is 4.77. The lowest BCUT2D eigenvalue weighted by Gasteiger charge is -2.18. The van der Waals surface area contributed by atoms with Gasteiger partial charge in [-0.25, -0.2) is 37.3 Å². The third-order valence-corrected chi connectivity index (χ3v) is 9.32. The van der Waals surface area contributed by atoms with E-state index in [4.69, 9.17) is 26.0 Å². The van der Waals surface area contributed by atoms with Crippen molar-refractivity contribution in [1.29, 1.82) is 0 Å². The Morgan fingerprint density at radius 3 is 1.73 bits per heavy atom. The van der Waals surface area contributed by atoms with Gasteiger partial charge in [-0.3, -0.25) is 19.3 Å². The summed E-state index contributed by atoms with van der Waals surface area (Å²) >= 11 is 10.2. The lowest BCUT2D eigenvalue weighted by Crippen LogP contribution is -2.33. The summed E-state index contributed by atoms with van der Waals surface area (Å²) in [6, 6.07) is 19.7. The predicted molar refractivity (Wildman–Crippen MR) is 228 cm³/mol. The number of carbonyl (C=O) groups excluding carboxylic acids is 2. The molecule has 20 heteroatoms. The molecular formula is C40H35ClF6I2N4O7. The molecule has 1 unspecified atom stereocenters. The normalized spacial score (nSPS) is 11.6. The first-order valence-electron chi connectivity index (χ1n) is 17.3. The number of hydrogen-bond donors (Lipinski definition) is 6. The molecule has 1 atom stereocenters. The van der Waals surface area contributed by atoms with Crippen molar-refractivity contribution < 1.29 is 60.6 Å². The second-order valence-corrected chi connectivity index (χ2v) is 16.1. The molecule has 0 aliphatic heterocycles. The molecule has 0 aromatic heterocycles. The summed E-state index contributed by atoms with van der Waals surface area (Å²) < 4.78 is 91.0. The van der Waals surface area contributed by atoms with Crippen LogP contribution < -0.4 is 26.3 Å². The van der Waals surface area contributed by atoms with Crippen LogP contribution in [0.4, 0.5) is 49.1 Å². The maximum Gasteiger partial charge on any atom is 0.277 e. The highest BCUT2D eigenvalue weighted by Crippen LogP contribution is 2.33. The monoisotopic (exact) mass is 1090 g/mol. The average Bonchev–Trinajstić information content (AvgIpc) is 3.19. The highest BCUT2D eigenvalue weighted by Gasteiger charge is 2.26. The average molecular weight is 1090 g/mol. The molecule has 0 bridgehead atoms. The molecule has 0 fully saturated rings. The number of hydrogen-bond acceptors (Lipinski definition) is 9. The van der Waals surface area contributed by atoms with Gasteiger partial charge >= 0.3 is 0 Å². The topological polar surface area (TPSA) is 150 Å². The fourth-order valence-corrected chi connectivity index (χ4v) is 6.32. The fraction of sp³-hybridized carbons (Fsp3) is 0.200. The molecule has 0 saturated carbocycles. The molecule has 5 aromatic carbocycles. The molecule has 0 heterocycles. The van der Waals surface area contributed by atoms with E-state index >= 15 is 0 Å². The van der Waals surface area contributed by atoms with Crippen LogP contribution in [0.3, 0.4) is 0 Å². The lowest BCUT2D eigenvalue weighted by molar-refractivity contribution is -0.0522. The number of aliphatic hydroxyl groups excluding tert-OH is 1. The van der Waals surface area contributed by atoms with Crippen molar-refractivity contribution in [1.82, 2.24) is 11.0 Å². The molecule has 0 aliphatic carbocycles. The van der Waals surface area contributed by atoms with Gasteiger partial charge in [0.15, 0.2) is 34.9 Å². The van der Waals surface area contributed by atoms with Crippen molar-refractivity contribution in [2.75, 3.05) is 30.5 Å². The van der Waals surface area contributed by atoms with E-state index in [1.165, 1.54) is 19.9 Å². The number of benzene rings is 5. The standard InChI is InChI=1S/C23H20F3IN2O4.C17H15ClF3IN2O3/c1-13-9-14(27)7-8-19(13)28-22-17(10-18(24)20(25)21(22)26)23(31)29-33-12-15(30)11-32-16-5-3-2-4-6-16;1-17(2,26)7-27-24-16(25)9-6-11(19)13(20)14(21)15(9)23-12-4-3-8(22)5-10(12)18/h2-10,15,28,30H,11-12H2,1H3,(H,29,31);3-6,23,26H,7H2,1-2H3,(H,24,25). The summed E-state index contributed by atoms with van der Waals surface area (Å²) in [4.78, 5) is 34.6. The van der Waals surface area contributed by atoms with Gasteiger partial charge in [-0.2, -0.15) is 0 Å². The Bertz CT molecular complexity index is 2330. The number of carbonyl (C=O) groups is 2. The van der Waals surface area contributed by atoms with Gasteiger partial charge < -0.3 is 25.6 Å². The summed E-state index contributed by atoms with van der Waals surface area (Å²) in [7, 11) is 0.